The van der Waals surface area contributed by atoms with Crippen molar-refractivity contribution in [1.29, 1.82) is 0 Å². The highest BCUT2D eigenvalue weighted by Crippen LogP contribution is 2.26. The van der Waals surface area contributed by atoms with E-state index < -0.39 is 0 Å². The van der Waals surface area contributed by atoms with Crippen LogP contribution in [0.25, 0.3) is 0 Å². The van der Waals surface area contributed by atoms with Crippen LogP contribution in [-0.4, -0.2) is 16.1 Å². The van der Waals surface area contributed by atoms with Crippen LogP contribution in [0.2, 0.25) is 5.02 Å². The first-order valence-corrected chi connectivity index (χ1v) is 6.40. The van der Waals surface area contributed by atoms with Crippen molar-refractivity contribution in [3.8, 4) is 0 Å². The Kier molecular flexibility index (Phi) is 3.60. The van der Waals surface area contributed by atoms with Crippen molar-refractivity contribution >= 4 is 55.6 Å². The molecular weight excluding hydrogens is 328 g/mol. The van der Waals surface area contributed by atoms with Gasteiger partial charge in [0.2, 0.25) is 10.1 Å². The third-order valence-corrected chi connectivity index (χ3v) is 3.80. The standard InChI is InChI=1S/C9H6BrClN4OS/c10-5-2-1-4(3-6(5)11)13-7(16)8-14-15-9(12)17-8/h1-3H,(H2,12,15)(H,13,16). The largest absolute Gasteiger partial charge is 0.374 e. The van der Waals surface area contributed by atoms with Crippen molar-refractivity contribution in [2.45, 2.75) is 0 Å². The van der Waals surface area contributed by atoms with E-state index >= 15 is 0 Å². The van der Waals surface area contributed by atoms with Gasteiger partial charge in [0.15, 0.2) is 0 Å². The first kappa shape index (κ1) is 12.3. The lowest BCUT2D eigenvalue weighted by Crippen LogP contribution is -2.11. The van der Waals surface area contributed by atoms with Crippen molar-refractivity contribution in [3.63, 3.8) is 0 Å². The van der Waals surface area contributed by atoms with Gasteiger partial charge in [-0.3, -0.25) is 4.79 Å². The minimum absolute atomic E-state index is 0.210. The predicted octanol–water partition coefficient (Wildman–Crippen LogP) is 2.79. The van der Waals surface area contributed by atoms with Crippen LogP contribution >= 0.6 is 38.9 Å². The van der Waals surface area contributed by atoms with Crippen LogP contribution in [0, 0.1) is 0 Å². The SMILES string of the molecule is Nc1nnc(C(=O)Nc2ccc(Br)c(Cl)c2)s1. The smallest absolute Gasteiger partial charge is 0.286 e. The van der Waals surface area contributed by atoms with Crippen molar-refractivity contribution in [2.75, 3.05) is 11.1 Å². The molecule has 0 saturated heterocycles. The van der Waals surface area contributed by atoms with Gasteiger partial charge in [0.25, 0.3) is 5.91 Å². The number of aromatic nitrogens is 2. The molecular formula is C9H6BrClN4OS. The molecule has 0 aliphatic rings. The zero-order valence-corrected chi connectivity index (χ0v) is 11.4. The minimum Gasteiger partial charge on any atom is -0.374 e. The average molecular weight is 334 g/mol. The molecule has 0 saturated carbocycles. The zero-order chi connectivity index (χ0) is 12.4. The van der Waals surface area contributed by atoms with Gasteiger partial charge in [-0.2, -0.15) is 0 Å². The van der Waals surface area contributed by atoms with Gasteiger partial charge in [-0.05, 0) is 34.1 Å². The van der Waals surface area contributed by atoms with Crippen molar-refractivity contribution < 1.29 is 4.79 Å². The molecule has 0 spiro atoms. The lowest BCUT2D eigenvalue weighted by Gasteiger charge is -2.03. The molecule has 2 aromatic rings. The summed E-state index contributed by atoms with van der Waals surface area (Å²) >= 11 is 10.2. The Morgan fingerprint density at radius 2 is 2.24 bits per heavy atom. The number of hydrogen-bond donors (Lipinski definition) is 2. The maximum atomic E-state index is 11.7. The third kappa shape index (κ3) is 2.93. The van der Waals surface area contributed by atoms with Crippen LogP contribution in [0.1, 0.15) is 9.80 Å². The molecule has 0 aliphatic carbocycles. The van der Waals surface area contributed by atoms with E-state index in [-0.39, 0.29) is 16.0 Å². The highest BCUT2D eigenvalue weighted by Gasteiger charge is 2.12. The lowest BCUT2D eigenvalue weighted by molar-refractivity contribution is 0.102. The molecule has 0 aliphatic heterocycles. The minimum atomic E-state index is -0.363. The molecule has 0 radical (unpaired) electrons. The van der Waals surface area contributed by atoms with Gasteiger partial charge in [-0.15, -0.1) is 10.2 Å². The normalized spacial score (nSPS) is 10.2. The predicted molar refractivity (Wildman–Crippen MR) is 71.4 cm³/mol. The van der Waals surface area contributed by atoms with E-state index in [1.165, 1.54) is 0 Å². The number of halogens is 2. The summed E-state index contributed by atoms with van der Waals surface area (Å²) in [6.07, 6.45) is 0. The van der Waals surface area contributed by atoms with Gasteiger partial charge in [-0.25, -0.2) is 0 Å². The van der Waals surface area contributed by atoms with Crippen molar-refractivity contribution in [3.05, 3.63) is 32.7 Å². The summed E-state index contributed by atoms with van der Waals surface area (Å²) in [6.45, 7) is 0. The van der Waals surface area contributed by atoms with Gasteiger partial charge in [0.05, 0.1) is 5.02 Å². The second-order valence-electron chi connectivity index (χ2n) is 3.03. The summed E-state index contributed by atoms with van der Waals surface area (Å²) < 4.78 is 0.761. The summed E-state index contributed by atoms with van der Waals surface area (Å²) in [6, 6.07) is 5.10. The summed E-state index contributed by atoms with van der Waals surface area (Å²) in [5.74, 6) is -0.363. The van der Waals surface area contributed by atoms with Crippen molar-refractivity contribution in [2.24, 2.45) is 0 Å². The molecule has 0 fully saturated rings. The second-order valence-corrected chi connectivity index (χ2v) is 5.30. The molecule has 1 aromatic heterocycles. The van der Waals surface area contributed by atoms with E-state index in [2.05, 4.69) is 31.4 Å². The molecule has 0 atom stereocenters. The molecule has 1 aromatic carbocycles. The summed E-state index contributed by atoms with van der Waals surface area (Å²) in [5.41, 5.74) is 5.97. The maximum Gasteiger partial charge on any atom is 0.286 e. The van der Waals surface area contributed by atoms with E-state index in [4.69, 9.17) is 17.3 Å². The van der Waals surface area contributed by atoms with Crippen LogP contribution in [0.5, 0.6) is 0 Å². The summed E-state index contributed by atoms with van der Waals surface area (Å²) in [7, 11) is 0. The van der Waals surface area contributed by atoms with E-state index in [0.717, 1.165) is 15.8 Å². The Morgan fingerprint density at radius 1 is 1.47 bits per heavy atom. The number of benzene rings is 1. The third-order valence-electron chi connectivity index (χ3n) is 1.81. The highest BCUT2D eigenvalue weighted by molar-refractivity contribution is 9.10. The van der Waals surface area contributed by atoms with Gasteiger partial charge >= 0.3 is 0 Å². The number of carbonyl (C=O) groups excluding carboxylic acids is 1. The molecule has 17 heavy (non-hydrogen) atoms. The van der Waals surface area contributed by atoms with Gasteiger partial charge < -0.3 is 11.1 Å². The fourth-order valence-electron chi connectivity index (χ4n) is 1.08. The Morgan fingerprint density at radius 3 is 2.82 bits per heavy atom. The Labute approximate surface area is 114 Å². The topological polar surface area (TPSA) is 80.9 Å². The van der Waals surface area contributed by atoms with E-state index in [1.54, 1.807) is 18.2 Å². The number of nitrogens with zero attached hydrogens (tertiary/aromatic N) is 2. The number of nitrogen functional groups attached to an aromatic ring is 1. The van der Waals surface area contributed by atoms with Gasteiger partial charge in [-0.1, -0.05) is 22.9 Å². The average Bonchev–Trinajstić information content (AvgIpc) is 2.70. The van der Waals surface area contributed by atoms with Crippen LogP contribution < -0.4 is 11.1 Å². The molecule has 3 N–H and O–H groups in total. The fraction of sp³-hybridized carbons (Fsp3) is 0. The molecule has 0 bridgehead atoms. The molecule has 0 unspecified atom stereocenters. The molecule has 2 rings (SSSR count). The Bertz CT molecular complexity index is 574. The monoisotopic (exact) mass is 332 g/mol. The summed E-state index contributed by atoms with van der Waals surface area (Å²) in [4.78, 5) is 11.7. The Balaban J connectivity index is 2.15. The number of anilines is 2. The number of rotatable bonds is 2. The summed E-state index contributed by atoms with van der Waals surface area (Å²) in [5, 5.41) is 10.8. The van der Waals surface area contributed by atoms with Gasteiger partial charge in [0, 0.05) is 10.2 Å². The lowest BCUT2D eigenvalue weighted by atomic mass is 10.3. The quantitative estimate of drug-likeness (QED) is 0.885. The highest BCUT2D eigenvalue weighted by atomic mass is 79.9. The maximum absolute atomic E-state index is 11.7. The number of carbonyl (C=O) groups is 1. The van der Waals surface area contributed by atoms with Gasteiger partial charge in [0.1, 0.15) is 0 Å². The molecule has 88 valence electrons. The van der Waals surface area contributed by atoms with Crippen molar-refractivity contribution in [1.82, 2.24) is 10.2 Å². The first-order chi connectivity index (χ1) is 8.06. The molecule has 1 heterocycles. The fourth-order valence-corrected chi connectivity index (χ4v) is 2.02. The number of nitrogens with two attached hydrogens (primary N) is 1. The van der Waals surface area contributed by atoms with Crippen LogP contribution in [0.15, 0.2) is 22.7 Å². The number of hydrogen-bond acceptors (Lipinski definition) is 5. The molecule has 5 nitrogen and oxygen atoms in total. The second kappa shape index (κ2) is 4.99. The molecule has 1 amide bonds. The molecule has 8 heteroatoms. The van der Waals surface area contributed by atoms with Crippen LogP contribution in [0.3, 0.4) is 0 Å². The zero-order valence-electron chi connectivity index (χ0n) is 8.28. The van der Waals surface area contributed by atoms with Crippen LogP contribution in [-0.2, 0) is 0 Å². The first-order valence-electron chi connectivity index (χ1n) is 4.41. The Hall–Kier alpha value is -1.18. The van der Waals surface area contributed by atoms with E-state index in [0.29, 0.717) is 10.7 Å². The van der Waals surface area contributed by atoms with E-state index in [1.807, 2.05) is 0 Å². The van der Waals surface area contributed by atoms with Crippen LogP contribution in [0.4, 0.5) is 10.8 Å². The van der Waals surface area contributed by atoms with E-state index in [9.17, 15) is 4.79 Å². The number of amides is 1. The number of nitrogens with one attached hydrogen (secondary N) is 1.